The van der Waals surface area contributed by atoms with Crippen LogP contribution in [0.3, 0.4) is 0 Å². The van der Waals surface area contributed by atoms with Crippen LogP contribution in [0.25, 0.3) is 11.1 Å². The summed E-state index contributed by atoms with van der Waals surface area (Å²) in [5.74, 6) is -1.28. The van der Waals surface area contributed by atoms with Crippen LogP contribution in [0.15, 0.2) is 36.4 Å². The van der Waals surface area contributed by atoms with Crippen LogP contribution in [0.2, 0.25) is 0 Å². The number of nitrogens with two attached hydrogens (primary N) is 2. The van der Waals surface area contributed by atoms with Crippen molar-refractivity contribution in [3.63, 3.8) is 0 Å². The lowest BCUT2D eigenvalue weighted by atomic mass is 9.94. The number of rotatable bonds is 5. The van der Waals surface area contributed by atoms with Gasteiger partial charge in [0.2, 0.25) is 0 Å². The third-order valence-electron chi connectivity index (χ3n) is 3.42. The Morgan fingerprint density at radius 3 is 1.92 bits per heavy atom. The summed E-state index contributed by atoms with van der Waals surface area (Å²) in [6.07, 6.45) is 0. The highest BCUT2D eigenvalue weighted by Crippen LogP contribution is 2.31. The monoisotopic (exact) mass is 328 g/mol. The summed E-state index contributed by atoms with van der Waals surface area (Å²) < 4.78 is 10.2. The highest BCUT2D eigenvalue weighted by Gasteiger charge is 2.26. The van der Waals surface area contributed by atoms with Crippen LogP contribution in [-0.4, -0.2) is 25.2 Å². The molecule has 6 nitrogen and oxygen atoms in total. The van der Waals surface area contributed by atoms with Gasteiger partial charge in [0.15, 0.2) is 0 Å². The second kappa shape index (κ2) is 7.50. The van der Waals surface area contributed by atoms with Crippen LogP contribution < -0.4 is 11.5 Å². The molecule has 2 aromatic carbocycles. The molecule has 2 aromatic rings. The molecular formula is C18H20N2O4. The molecule has 6 heteroatoms. The Bertz CT molecular complexity index is 754. The number of ether oxygens (including phenoxy) is 2. The van der Waals surface area contributed by atoms with Crippen molar-refractivity contribution >= 4 is 23.3 Å². The molecule has 0 aliphatic carbocycles. The topological polar surface area (TPSA) is 105 Å². The summed E-state index contributed by atoms with van der Waals surface area (Å²) in [4.78, 5) is 24.8. The van der Waals surface area contributed by atoms with Crippen molar-refractivity contribution in [3.05, 3.63) is 47.5 Å². The third-order valence-corrected chi connectivity index (χ3v) is 3.42. The lowest BCUT2D eigenvalue weighted by molar-refractivity contribution is 0.0480. The molecule has 0 saturated heterocycles. The van der Waals surface area contributed by atoms with Gasteiger partial charge in [0.25, 0.3) is 0 Å². The number of carbonyl (C=O) groups is 2. The first kappa shape index (κ1) is 17.3. The normalized spacial score (nSPS) is 10.2. The lowest BCUT2D eigenvalue weighted by Gasteiger charge is -2.15. The number of hydrogen-bond acceptors (Lipinski definition) is 6. The Morgan fingerprint density at radius 1 is 0.833 bits per heavy atom. The van der Waals surface area contributed by atoms with Crippen molar-refractivity contribution in [2.24, 2.45) is 0 Å². The summed E-state index contributed by atoms with van der Waals surface area (Å²) in [6.45, 7) is 3.72. The van der Waals surface area contributed by atoms with Gasteiger partial charge in [-0.25, -0.2) is 9.59 Å². The van der Waals surface area contributed by atoms with Crippen LogP contribution in [0.1, 0.15) is 34.6 Å². The Balaban J connectivity index is 2.70. The summed E-state index contributed by atoms with van der Waals surface area (Å²) in [5.41, 5.74) is 13.8. The smallest absolute Gasteiger partial charge is 0.341 e. The highest BCUT2D eigenvalue weighted by atomic mass is 16.5. The van der Waals surface area contributed by atoms with Crippen molar-refractivity contribution in [1.29, 1.82) is 0 Å². The second-order valence-corrected chi connectivity index (χ2v) is 5.02. The number of carbonyl (C=O) groups excluding carboxylic acids is 2. The van der Waals surface area contributed by atoms with Crippen molar-refractivity contribution in [3.8, 4) is 11.1 Å². The highest BCUT2D eigenvalue weighted by molar-refractivity contribution is 6.11. The summed E-state index contributed by atoms with van der Waals surface area (Å²) in [7, 11) is 0. The molecule has 0 saturated carbocycles. The first-order valence-corrected chi connectivity index (χ1v) is 7.62. The van der Waals surface area contributed by atoms with E-state index in [4.69, 9.17) is 20.9 Å². The summed E-state index contributed by atoms with van der Waals surface area (Å²) in [6, 6.07) is 10.2. The molecule has 126 valence electrons. The maximum Gasteiger partial charge on any atom is 0.341 e. The van der Waals surface area contributed by atoms with Gasteiger partial charge in [-0.3, -0.25) is 0 Å². The van der Waals surface area contributed by atoms with Gasteiger partial charge in [0.05, 0.1) is 24.3 Å². The molecule has 0 heterocycles. The van der Waals surface area contributed by atoms with Gasteiger partial charge >= 0.3 is 11.9 Å². The SMILES string of the molecule is CCOC(=O)c1c(N)ccc(-c2ccc(N)cc2)c1C(=O)OCC. The van der Waals surface area contributed by atoms with Gasteiger partial charge < -0.3 is 20.9 Å². The fourth-order valence-electron chi connectivity index (χ4n) is 2.36. The van der Waals surface area contributed by atoms with Crippen molar-refractivity contribution < 1.29 is 19.1 Å². The molecular weight excluding hydrogens is 308 g/mol. The van der Waals surface area contributed by atoms with Crippen molar-refractivity contribution in [2.75, 3.05) is 24.7 Å². The largest absolute Gasteiger partial charge is 0.462 e. The van der Waals surface area contributed by atoms with E-state index in [2.05, 4.69) is 0 Å². The molecule has 0 fully saturated rings. The first-order valence-electron chi connectivity index (χ1n) is 7.62. The Kier molecular flexibility index (Phi) is 5.42. The Morgan fingerprint density at radius 2 is 1.38 bits per heavy atom. The van der Waals surface area contributed by atoms with Crippen LogP contribution in [0.5, 0.6) is 0 Å². The molecule has 0 aliphatic heterocycles. The number of esters is 2. The van der Waals surface area contributed by atoms with E-state index in [0.717, 1.165) is 5.56 Å². The molecule has 0 atom stereocenters. The number of hydrogen-bond donors (Lipinski definition) is 2. The standard InChI is InChI=1S/C18H20N2O4/c1-3-23-17(21)15-13(11-5-7-12(19)8-6-11)9-10-14(20)16(15)18(22)24-4-2/h5-10H,3-4,19-20H2,1-2H3. The average molecular weight is 328 g/mol. The fourth-order valence-corrected chi connectivity index (χ4v) is 2.36. The molecule has 0 unspecified atom stereocenters. The maximum absolute atomic E-state index is 12.5. The van der Waals surface area contributed by atoms with Gasteiger partial charge in [0, 0.05) is 11.4 Å². The quantitative estimate of drug-likeness (QED) is 0.646. The average Bonchev–Trinajstić information content (AvgIpc) is 2.55. The van der Waals surface area contributed by atoms with Gasteiger partial charge in [-0.1, -0.05) is 18.2 Å². The van der Waals surface area contributed by atoms with Crippen molar-refractivity contribution in [2.45, 2.75) is 13.8 Å². The Hall–Kier alpha value is -3.02. The fraction of sp³-hybridized carbons (Fsp3) is 0.222. The van der Waals surface area contributed by atoms with Crippen molar-refractivity contribution in [1.82, 2.24) is 0 Å². The van der Waals surface area contributed by atoms with E-state index in [9.17, 15) is 9.59 Å². The minimum atomic E-state index is -0.657. The molecule has 0 aromatic heterocycles. The minimum absolute atomic E-state index is 0.0182. The van der Waals surface area contributed by atoms with E-state index in [-0.39, 0.29) is 30.0 Å². The number of anilines is 2. The van der Waals surface area contributed by atoms with Gasteiger partial charge in [0.1, 0.15) is 0 Å². The first-order chi connectivity index (χ1) is 11.5. The zero-order chi connectivity index (χ0) is 17.7. The predicted octanol–water partition coefficient (Wildman–Crippen LogP) is 2.87. The van der Waals surface area contributed by atoms with Crippen LogP contribution >= 0.6 is 0 Å². The van der Waals surface area contributed by atoms with Crippen LogP contribution in [0, 0.1) is 0 Å². The number of nitrogen functional groups attached to an aromatic ring is 2. The molecule has 0 bridgehead atoms. The van der Waals surface area contributed by atoms with E-state index in [1.165, 1.54) is 0 Å². The van der Waals surface area contributed by atoms with Crippen LogP contribution in [-0.2, 0) is 9.47 Å². The molecule has 0 amide bonds. The zero-order valence-corrected chi connectivity index (χ0v) is 13.7. The third kappa shape index (κ3) is 3.48. The van der Waals surface area contributed by atoms with Crippen LogP contribution in [0.4, 0.5) is 11.4 Å². The molecule has 24 heavy (non-hydrogen) atoms. The molecule has 2 rings (SSSR count). The summed E-state index contributed by atoms with van der Waals surface area (Å²) >= 11 is 0. The summed E-state index contributed by atoms with van der Waals surface area (Å²) in [5, 5.41) is 0. The molecule has 0 aliphatic rings. The Labute approximate surface area is 140 Å². The van der Waals surface area contributed by atoms with E-state index in [1.54, 1.807) is 50.2 Å². The lowest BCUT2D eigenvalue weighted by Crippen LogP contribution is -2.17. The predicted molar refractivity (Wildman–Crippen MR) is 92.6 cm³/mol. The van der Waals surface area contributed by atoms with Gasteiger partial charge in [-0.2, -0.15) is 0 Å². The maximum atomic E-state index is 12.5. The second-order valence-electron chi connectivity index (χ2n) is 5.02. The van der Waals surface area contributed by atoms with E-state index >= 15 is 0 Å². The zero-order valence-electron chi connectivity index (χ0n) is 13.7. The van der Waals surface area contributed by atoms with E-state index in [0.29, 0.717) is 11.3 Å². The van der Waals surface area contributed by atoms with E-state index < -0.39 is 11.9 Å². The van der Waals surface area contributed by atoms with E-state index in [1.807, 2.05) is 0 Å². The minimum Gasteiger partial charge on any atom is -0.462 e. The molecule has 4 N–H and O–H groups in total. The molecule has 0 radical (unpaired) electrons. The van der Waals surface area contributed by atoms with Gasteiger partial charge in [-0.15, -0.1) is 0 Å². The molecule has 0 spiro atoms. The number of benzene rings is 2. The van der Waals surface area contributed by atoms with Gasteiger partial charge in [-0.05, 0) is 43.2 Å².